The SMILES string of the molecule is C=C1CCOC[C@](C)(O)[C@H](O)[C@]2(O)NC(=O)[C@@]1(O)NC2=O. The molecule has 3 rings (SSSR count). The minimum Gasteiger partial charge on any atom is -0.385 e. The largest absolute Gasteiger partial charge is 0.385 e. The minimum absolute atomic E-state index is 0.00834. The Morgan fingerprint density at radius 1 is 1.24 bits per heavy atom. The Kier molecular flexibility index (Phi) is 3.59. The fourth-order valence-corrected chi connectivity index (χ4v) is 2.26. The van der Waals surface area contributed by atoms with Crippen molar-refractivity contribution in [3.63, 3.8) is 0 Å². The molecule has 6 N–H and O–H groups in total. The molecule has 9 nitrogen and oxygen atoms in total. The molecule has 0 unspecified atom stereocenters. The maximum absolute atomic E-state index is 12.0. The maximum atomic E-state index is 12.0. The van der Waals surface area contributed by atoms with Crippen molar-refractivity contribution in [2.24, 2.45) is 0 Å². The Bertz CT molecular complexity index is 506. The van der Waals surface area contributed by atoms with Crippen LogP contribution in [0.3, 0.4) is 0 Å². The third kappa shape index (κ3) is 2.32. The number of hydrogen-bond donors (Lipinski definition) is 6. The van der Waals surface area contributed by atoms with Crippen molar-refractivity contribution in [2.75, 3.05) is 13.2 Å². The van der Waals surface area contributed by atoms with Crippen LogP contribution in [0.4, 0.5) is 0 Å². The summed E-state index contributed by atoms with van der Waals surface area (Å²) in [4.78, 5) is 24.0. The highest BCUT2D eigenvalue weighted by atomic mass is 16.5. The van der Waals surface area contributed by atoms with E-state index in [0.717, 1.165) is 6.92 Å². The number of fused-ring (bicyclic) bond motifs is 8. The van der Waals surface area contributed by atoms with E-state index in [1.54, 1.807) is 0 Å². The Labute approximate surface area is 120 Å². The quantitative estimate of drug-likeness (QED) is 0.257. The molecule has 118 valence electrons. The van der Waals surface area contributed by atoms with Crippen LogP contribution in [0.1, 0.15) is 13.3 Å². The molecule has 9 heteroatoms. The van der Waals surface area contributed by atoms with Gasteiger partial charge in [0.05, 0.1) is 13.2 Å². The van der Waals surface area contributed by atoms with E-state index in [-0.39, 0.29) is 18.6 Å². The topological polar surface area (TPSA) is 148 Å². The summed E-state index contributed by atoms with van der Waals surface area (Å²) in [7, 11) is 0. The van der Waals surface area contributed by atoms with Crippen molar-refractivity contribution in [3.05, 3.63) is 12.2 Å². The average Bonchev–Trinajstić information content (AvgIpc) is 2.40. The molecular weight excluding hydrogens is 284 g/mol. The molecule has 0 saturated carbocycles. The lowest BCUT2D eigenvalue weighted by molar-refractivity contribution is -0.213. The van der Waals surface area contributed by atoms with Crippen LogP contribution < -0.4 is 10.6 Å². The summed E-state index contributed by atoms with van der Waals surface area (Å²) in [6.45, 7) is 4.25. The predicted molar refractivity (Wildman–Crippen MR) is 67.4 cm³/mol. The van der Waals surface area contributed by atoms with Crippen LogP contribution in [0.2, 0.25) is 0 Å². The molecule has 0 aromatic rings. The van der Waals surface area contributed by atoms with Gasteiger partial charge >= 0.3 is 0 Å². The fraction of sp³-hybridized carbons (Fsp3) is 0.667. The number of nitrogens with one attached hydrogen (secondary N) is 2. The van der Waals surface area contributed by atoms with Gasteiger partial charge in [0.1, 0.15) is 11.7 Å². The monoisotopic (exact) mass is 302 g/mol. The number of piperazine rings is 1. The van der Waals surface area contributed by atoms with Crippen molar-refractivity contribution in [1.82, 2.24) is 10.6 Å². The molecule has 3 aliphatic rings. The van der Waals surface area contributed by atoms with Crippen LogP contribution in [0, 0.1) is 0 Å². The Morgan fingerprint density at radius 3 is 2.48 bits per heavy atom. The number of carbonyl (C=O) groups excluding carboxylic acids is 2. The second-order valence-electron chi connectivity index (χ2n) is 5.55. The van der Waals surface area contributed by atoms with Crippen molar-refractivity contribution in [3.8, 4) is 0 Å². The van der Waals surface area contributed by atoms with Gasteiger partial charge in [-0.3, -0.25) is 9.59 Å². The van der Waals surface area contributed by atoms with E-state index >= 15 is 0 Å². The second kappa shape index (κ2) is 4.75. The smallest absolute Gasteiger partial charge is 0.280 e. The van der Waals surface area contributed by atoms with Crippen LogP contribution in [-0.4, -0.2) is 68.6 Å². The first-order chi connectivity index (χ1) is 9.54. The molecule has 2 bridgehead atoms. The van der Waals surface area contributed by atoms with Crippen LogP contribution >= 0.6 is 0 Å². The second-order valence-corrected chi connectivity index (χ2v) is 5.55. The van der Waals surface area contributed by atoms with E-state index in [9.17, 15) is 30.0 Å². The van der Waals surface area contributed by atoms with Crippen LogP contribution in [-0.2, 0) is 14.3 Å². The van der Waals surface area contributed by atoms with Gasteiger partial charge in [-0.05, 0) is 18.9 Å². The summed E-state index contributed by atoms with van der Waals surface area (Å²) in [5, 5.41) is 44.4. The number of amides is 2. The molecule has 2 amide bonds. The molecule has 3 aliphatic heterocycles. The van der Waals surface area contributed by atoms with E-state index in [0.29, 0.717) is 0 Å². The highest BCUT2D eigenvalue weighted by molar-refractivity contribution is 6.02. The third-order valence-corrected chi connectivity index (χ3v) is 3.71. The zero-order valence-corrected chi connectivity index (χ0v) is 11.4. The molecule has 3 heterocycles. The Hall–Kier alpha value is -1.52. The molecule has 0 spiro atoms. The van der Waals surface area contributed by atoms with E-state index < -0.39 is 41.6 Å². The van der Waals surface area contributed by atoms with E-state index in [1.165, 1.54) is 0 Å². The van der Waals surface area contributed by atoms with Crippen molar-refractivity contribution >= 4 is 11.8 Å². The number of aliphatic hydroxyl groups excluding tert-OH is 1. The van der Waals surface area contributed by atoms with Gasteiger partial charge in [-0.25, -0.2) is 0 Å². The van der Waals surface area contributed by atoms with Crippen LogP contribution in [0.25, 0.3) is 0 Å². The summed E-state index contributed by atoms with van der Waals surface area (Å²) in [5.41, 5.74) is -7.28. The van der Waals surface area contributed by atoms with Gasteiger partial charge in [-0.1, -0.05) is 6.58 Å². The molecule has 3 saturated heterocycles. The Morgan fingerprint density at radius 2 is 1.86 bits per heavy atom. The number of ether oxygens (including phenoxy) is 1. The first-order valence-corrected chi connectivity index (χ1v) is 6.30. The van der Waals surface area contributed by atoms with Gasteiger partial charge in [-0.2, -0.15) is 0 Å². The molecular formula is C12H18N2O7. The molecule has 0 radical (unpaired) electrons. The number of carbonyl (C=O) groups is 2. The van der Waals surface area contributed by atoms with Crippen molar-refractivity contribution < 1.29 is 34.8 Å². The van der Waals surface area contributed by atoms with E-state index in [4.69, 9.17) is 4.74 Å². The van der Waals surface area contributed by atoms with Gasteiger partial charge < -0.3 is 35.8 Å². The molecule has 0 aliphatic carbocycles. The summed E-state index contributed by atoms with van der Waals surface area (Å²) >= 11 is 0. The molecule has 0 aromatic carbocycles. The van der Waals surface area contributed by atoms with Gasteiger partial charge in [-0.15, -0.1) is 0 Å². The number of aliphatic hydroxyl groups is 4. The lowest BCUT2D eigenvalue weighted by atomic mass is 9.87. The number of rotatable bonds is 0. The van der Waals surface area contributed by atoms with Gasteiger partial charge in [0.25, 0.3) is 11.8 Å². The minimum atomic E-state index is -2.80. The highest BCUT2D eigenvalue weighted by Gasteiger charge is 2.60. The first kappa shape index (κ1) is 15.9. The molecule has 0 aromatic heterocycles. The van der Waals surface area contributed by atoms with Gasteiger partial charge in [0.2, 0.25) is 11.4 Å². The van der Waals surface area contributed by atoms with E-state index in [2.05, 4.69) is 6.58 Å². The van der Waals surface area contributed by atoms with Crippen molar-refractivity contribution in [1.29, 1.82) is 0 Å². The lowest BCUT2D eigenvalue weighted by Crippen LogP contribution is -2.80. The molecule has 4 atom stereocenters. The maximum Gasteiger partial charge on any atom is 0.280 e. The Balaban J connectivity index is 2.50. The zero-order valence-electron chi connectivity index (χ0n) is 11.4. The summed E-state index contributed by atoms with van der Waals surface area (Å²) < 4.78 is 5.14. The first-order valence-electron chi connectivity index (χ1n) is 6.30. The normalized spacial score (nSPS) is 44.8. The van der Waals surface area contributed by atoms with E-state index in [1.807, 2.05) is 10.6 Å². The fourth-order valence-electron chi connectivity index (χ4n) is 2.26. The summed E-state index contributed by atoms with van der Waals surface area (Å²) in [5.74, 6) is -2.42. The van der Waals surface area contributed by atoms with Crippen LogP contribution in [0.5, 0.6) is 0 Å². The highest BCUT2D eigenvalue weighted by Crippen LogP contribution is 2.29. The lowest BCUT2D eigenvalue weighted by Gasteiger charge is -2.45. The summed E-state index contributed by atoms with van der Waals surface area (Å²) in [6, 6.07) is 0. The third-order valence-electron chi connectivity index (χ3n) is 3.71. The summed E-state index contributed by atoms with van der Waals surface area (Å²) in [6.07, 6.45) is -2.06. The predicted octanol–water partition coefficient (Wildman–Crippen LogP) is -3.30. The van der Waals surface area contributed by atoms with Crippen LogP contribution in [0.15, 0.2) is 12.2 Å². The molecule has 21 heavy (non-hydrogen) atoms. The van der Waals surface area contributed by atoms with Crippen molar-refractivity contribution in [2.45, 2.75) is 36.5 Å². The average molecular weight is 302 g/mol. The standard InChI is InChI=1S/C12H18N2O7/c1-6-3-4-21-5-10(2,18)7(15)12(20)9(17)13-11(6,19)8(16)14-12/h7,15,18-20H,1,3-5H2,2H3,(H,13,17)(H,14,16)/t7-,10-,11+,12+/m0/s1. The molecule has 3 fully saturated rings. The zero-order chi connectivity index (χ0) is 16.1. The van der Waals surface area contributed by atoms with Gasteiger partial charge in [0.15, 0.2) is 0 Å². The van der Waals surface area contributed by atoms with Gasteiger partial charge in [0, 0.05) is 0 Å². The number of hydrogen-bond acceptors (Lipinski definition) is 7.